The maximum atomic E-state index is 4.75. The highest BCUT2D eigenvalue weighted by molar-refractivity contribution is 5.76. The maximum Gasteiger partial charge on any atom is 0.131 e. The van der Waals surface area contributed by atoms with Gasteiger partial charge in [-0.15, -0.1) is 0 Å². The minimum Gasteiger partial charge on any atom is -0.372 e. The molecule has 3 aromatic rings. The third-order valence-electron chi connectivity index (χ3n) is 4.08. The molecule has 1 unspecified atom stereocenters. The second-order valence-electron chi connectivity index (χ2n) is 5.55. The summed E-state index contributed by atoms with van der Waals surface area (Å²) in [5.41, 5.74) is 5.43. The van der Waals surface area contributed by atoms with Crippen molar-refractivity contribution in [3.8, 4) is 0 Å². The first-order chi connectivity index (χ1) is 9.99. The number of nitrogens with zero attached hydrogens (tertiary/aromatic N) is 4. The summed E-state index contributed by atoms with van der Waals surface area (Å²) in [7, 11) is 4.03. The standard InChI is InChI=1S/C16H21N5/c1-10-15(12(3)21(5)19-10)17-11(2)16-18-13-8-6-7-9-14(13)20(16)4/h6-9,11,17H,1-5H3. The zero-order chi connectivity index (χ0) is 15.1. The molecule has 0 fully saturated rings. The number of imidazole rings is 1. The van der Waals surface area contributed by atoms with Crippen LogP contribution in [0.2, 0.25) is 0 Å². The highest BCUT2D eigenvalue weighted by Crippen LogP contribution is 2.26. The van der Waals surface area contributed by atoms with E-state index in [0.29, 0.717) is 0 Å². The molecule has 2 heterocycles. The molecule has 5 nitrogen and oxygen atoms in total. The summed E-state index contributed by atoms with van der Waals surface area (Å²) >= 11 is 0. The largest absolute Gasteiger partial charge is 0.372 e. The summed E-state index contributed by atoms with van der Waals surface area (Å²) in [6.07, 6.45) is 0. The molecule has 1 aromatic carbocycles. The Labute approximate surface area is 124 Å². The molecule has 21 heavy (non-hydrogen) atoms. The first kappa shape index (κ1) is 13.7. The summed E-state index contributed by atoms with van der Waals surface area (Å²) in [6.45, 7) is 6.23. The van der Waals surface area contributed by atoms with Crippen molar-refractivity contribution >= 4 is 16.7 Å². The van der Waals surface area contributed by atoms with E-state index in [1.165, 1.54) is 0 Å². The molecule has 0 aliphatic rings. The van der Waals surface area contributed by atoms with Crippen molar-refractivity contribution in [3.05, 3.63) is 41.5 Å². The Hall–Kier alpha value is -2.30. The van der Waals surface area contributed by atoms with E-state index in [1.807, 2.05) is 36.9 Å². The van der Waals surface area contributed by atoms with Gasteiger partial charge in [-0.05, 0) is 32.9 Å². The van der Waals surface area contributed by atoms with Gasteiger partial charge in [0.1, 0.15) is 5.82 Å². The van der Waals surface area contributed by atoms with Gasteiger partial charge >= 0.3 is 0 Å². The van der Waals surface area contributed by atoms with E-state index in [-0.39, 0.29) is 6.04 Å². The number of hydrogen-bond acceptors (Lipinski definition) is 3. The van der Waals surface area contributed by atoms with Gasteiger partial charge in [0.05, 0.1) is 34.2 Å². The van der Waals surface area contributed by atoms with Gasteiger partial charge in [-0.25, -0.2) is 4.98 Å². The Morgan fingerprint density at radius 1 is 1.14 bits per heavy atom. The topological polar surface area (TPSA) is 47.7 Å². The summed E-state index contributed by atoms with van der Waals surface area (Å²) in [5, 5.41) is 8.00. The molecular formula is C16H21N5. The van der Waals surface area contributed by atoms with Crippen LogP contribution in [0.3, 0.4) is 0 Å². The molecular weight excluding hydrogens is 262 g/mol. The summed E-state index contributed by atoms with van der Waals surface area (Å²) in [5.74, 6) is 1.03. The van der Waals surface area contributed by atoms with Crippen LogP contribution in [-0.2, 0) is 14.1 Å². The number of fused-ring (bicyclic) bond motifs is 1. The van der Waals surface area contributed by atoms with E-state index < -0.39 is 0 Å². The van der Waals surface area contributed by atoms with Crippen LogP contribution in [0.1, 0.15) is 30.2 Å². The van der Waals surface area contributed by atoms with Gasteiger partial charge in [0.2, 0.25) is 0 Å². The first-order valence-electron chi connectivity index (χ1n) is 7.17. The Balaban J connectivity index is 1.97. The number of hydrogen-bond donors (Lipinski definition) is 1. The van der Waals surface area contributed by atoms with Crippen LogP contribution >= 0.6 is 0 Å². The number of nitrogens with one attached hydrogen (secondary N) is 1. The number of benzene rings is 1. The molecule has 110 valence electrons. The fraction of sp³-hybridized carbons (Fsp3) is 0.375. The monoisotopic (exact) mass is 283 g/mol. The third kappa shape index (κ3) is 2.18. The van der Waals surface area contributed by atoms with E-state index in [1.54, 1.807) is 0 Å². The van der Waals surface area contributed by atoms with Crippen molar-refractivity contribution in [2.45, 2.75) is 26.8 Å². The summed E-state index contributed by atoms with van der Waals surface area (Å²) < 4.78 is 4.05. The summed E-state index contributed by atoms with van der Waals surface area (Å²) in [6, 6.07) is 8.32. The van der Waals surface area contributed by atoms with Crippen molar-refractivity contribution < 1.29 is 0 Å². The second kappa shape index (κ2) is 4.91. The molecule has 2 aromatic heterocycles. The molecule has 1 atom stereocenters. The second-order valence-corrected chi connectivity index (χ2v) is 5.55. The Morgan fingerprint density at radius 3 is 2.48 bits per heavy atom. The average Bonchev–Trinajstić information content (AvgIpc) is 2.92. The third-order valence-corrected chi connectivity index (χ3v) is 4.08. The van der Waals surface area contributed by atoms with Crippen LogP contribution in [0, 0.1) is 13.8 Å². The fourth-order valence-corrected chi connectivity index (χ4v) is 2.82. The molecule has 5 heteroatoms. The van der Waals surface area contributed by atoms with Gasteiger partial charge < -0.3 is 9.88 Å². The lowest BCUT2D eigenvalue weighted by Gasteiger charge is -2.15. The van der Waals surface area contributed by atoms with Gasteiger partial charge in [-0.1, -0.05) is 12.1 Å². The van der Waals surface area contributed by atoms with Gasteiger partial charge in [0.25, 0.3) is 0 Å². The predicted molar refractivity (Wildman–Crippen MR) is 85.4 cm³/mol. The van der Waals surface area contributed by atoms with E-state index in [9.17, 15) is 0 Å². The van der Waals surface area contributed by atoms with Crippen LogP contribution in [0.25, 0.3) is 11.0 Å². The van der Waals surface area contributed by atoms with E-state index in [0.717, 1.165) is 33.9 Å². The highest BCUT2D eigenvalue weighted by atomic mass is 15.3. The van der Waals surface area contributed by atoms with Crippen LogP contribution in [0.5, 0.6) is 0 Å². The van der Waals surface area contributed by atoms with Gasteiger partial charge in [0.15, 0.2) is 0 Å². The predicted octanol–water partition coefficient (Wildman–Crippen LogP) is 3.10. The Morgan fingerprint density at radius 2 is 1.86 bits per heavy atom. The van der Waals surface area contributed by atoms with Crippen molar-refractivity contribution in [1.82, 2.24) is 19.3 Å². The SMILES string of the molecule is Cc1nn(C)c(C)c1NC(C)c1nc2ccccc2n1C. The van der Waals surface area contributed by atoms with E-state index >= 15 is 0 Å². The number of aromatic nitrogens is 4. The lowest BCUT2D eigenvalue weighted by molar-refractivity contribution is 0.725. The molecule has 0 radical (unpaired) electrons. The Kier molecular flexibility index (Phi) is 3.20. The Bertz CT molecular complexity index is 796. The van der Waals surface area contributed by atoms with E-state index in [4.69, 9.17) is 4.98 Å². The lowest BCUT2D eigenvalue weighted by atomic mass is 10.2. The van der Waals surface area contributed by atoms with Gasteiger partial charge in [-0.3, -0.25) is 4.68 Å². The average molecular weight is 283 g/mol. The van der Waals surface area contributed by atoms with Crippen molar-refractivity contribution in [2.75, 3.05) is 5.32 Å². The molecule has 0 saturated heterocycles. The molecule has 0 spiro atoms. The lowest BCUT2D eigenvalue weighted by Crippen LogP contribution is -2.13. The molecule has 0 aliphatic carbocycles. The van der Waals surface area contributed by atoms with Crippen molar-refractivity contribution in [3.63, 3.8) is 0 Å². The first-order valence-corrected chi connectivity index (χ1v) is 7.17. The minimum absolute atomic E-state index is 0.115. The van der Waals surface area contributed by atoms with Crippen molar-refractivity contribution in [2.24, 2.45) is 14.1 Å². The maximum absolute atomic E-state index is 4.75. The molecule has 0 bridgehead atoms. The van der Waals surface area contributed by atoms with Crippen LogP contribution in [0.15, 0.2) is 24.3 Å². The highest BCUT2D eigenvalue weighted by Gasteiger charge is 2.17. The molecule has 0 aliphatic heterocycles. The molecule has 0 amide bonds. The molecule has 0 saturated carbocycles. The quantitative estimate of drug-likeness (QED) is 0.803. The van der Waals surface area contributed by atoms with E-state index in [2.05, 4.69) is 41.9 Å². The number of rotatable bonds is 3. The molecule has 1 N–H and O–H groups in total. The van der Waals surface area contributed by atoms with Crippen molar-refractivity contribution in [1.29, 1.82) is 0 Å². The number of anilines is 1. The summed E-state index contributed by atoms with van der Waals surface area (Å²) in [4.78, 5) is 4.75. The zero-order valence-electron chi connectivity index (χ0n) is 13.2. The minimum atomic E-state index is 0.115. The van der Waals surface area contributed by atoms with Crippen LogP contribution < -0.4 is 5.32 Å². The number of aryl methyl sites for hydroxylation is 3. The van der Waals surface area contributed by atoms with Crippen LogP contribution in [-0.4, -0.2) is 19.3 Å². The normalized spacial score (nSPS) is 12.8. The number of para-hydroxylation sites is 2. The fourth-order valence-electron chi connectivity index (χ4n) is 2.82. The van der Waals surface area contributed by atoms with Crippen LogP contribution in [0.4, 0.5) is 5.69 Å². The zero-order valence-corrected chi connectivity index (χ0v) is 13.2. The van der Waals surface area contributed by atoms with Gasteiger partial charge in [-0.2, -0.15) is 5.10 Å². The van der Waals surface area contributed by atoms with Gasteiger partial charge in [0, 0.05) is 14.1 Å². The molecule has 3 rings (SSSR count). The smallest absolute Gasteiger partial charge is 0.131 e.